The Morgan fingerprint density at radius 1 is 1.24 bits per heavy atom. The van der Waals surface area contributed by atoms with Gasteiger partial charge in [0.2, 0.25) is 0 Å². The number of fused-ring (bicyclic) bond motifs is 2. The van der Waals surface area contributed by atoms with Gasteiger partial charge in [-0.3, -0.25) is 4.79 Å². The third kappa shape index (κ3) is 2.29. The summed E-state index contributed by atoms with van der Waals surface area (Å²) < 4.78 is 0. The fraction of sp³-hybridized carbons (Fsp3) is 0.933. The van der Waals surface area contributed by atoms with E-state index in [4.69, 9.17) is 5.73 Å². The lowest BCUT2D eigenvalue weighted by Crippen LogP contribution is -2.39. The van der Waals surface area contributed by atoms with Gasteiger partial charge >= 0.3 is 0 Å². The molecule has 2 heteroatoms. The topological polar surface area (TPSA) is 43.1 Å². The molecule has 2 rings (SSSR count). The Balaban J connectivity index is 1.96. The predicted octanol–water partition coefficient (Wildman–Crippen LogP) is 3.15. The monoisotopic (exact) mass is 237 g/mol. The Labute approximate surface area is 105 Å². The Kier molecular flexibility index (Phi) is 3.92. The van der Waals surface area contributed by atoms with E-state index in [0.29, 0.717) is 18.2 Å². The van der Waals surface area contributed by atoms with E-state index in [1.54, 1.807) is 0 Å². The van der Waals surface area contributed by atoms with Crippen LogP contribution in [0.4, 0.5) is 0 Å². The van der Waals surface area contributed by atoms with Crippen LogP contribution in [0, 0.1) is 23.2 Å². The normalized spacial score (nSPS) is 32.1. The summed E-state index contributed by atoms with van der Waals surface area (Å²) in [5, 5.41) is 0. The first-order chi connectivity index (χ1) is 8.15. The van der Waals surface area contributed by atoms with Gasteiger partial charge in [0.25, 0.3) is 0 Å². The van der Waals surface area contributed by atoms with Crippen LogP contribution in [-0.4, -0.2) is 12.3 Å². The van der Waals surface area contributed by atoms with E-state index in [1.807, 2.05) is 0 Å². The van der Waals surface area contributed by atoms with Crippen molar-refractivity contribution in [3.05, 3.63) is 0 Å². The average Bonchev–Trinajstić information content (AvgIpc) is 2.94. The molecule has 0 heterocycles. The molecule has 2 aliphatic rings. The van der Waals surface area contributed by atoms with Crippen molar-refractivity contribution < 1.29 is 4.79 Å². The van der Waals surface area contributed by atoms with E-state index in [1.165, 1.54) is 25.7 Å². The van der Waals surface area contributed by atoms with Crippen molar-refractivity contribution in [1.29, 1.82) is 0 Å². The largest absolute Gasteiger partial charge is 0.329 e. The standard InChI is InChI=1S/C15H27NO/c1-3-15(4-2,10-16)14(17)9-13-8-11-5-6-12(13)7-11/h11-13H,3-10,16H2,1-2H3. The number of carbonyl (C=O) groups is 1. The average molecular weight is 237 g/mol. The molecule has 0 aromatic carbocycles. The number of ketones is 1. The summed E-state index contributed by atoms with van der Waals surface area (Å²) in [6, 6.07) is 0. The van der Waals surface area contributed by atoms with Gasteiger partial charge in [-0.25, -0.2) is 0 Å². The molecule has 2 N–H and O–H groups in total. The number of hydrogen-bond donors (Lipinski definition) is 1. The summed E-state index contributed by atoms with van der Waals surface area (Å²) in [6.07, 6.45) is 8.10. The van der Waals surface area contributed by atoms with Crippen molar-refractivity contribution >= 4 is 5.78 Å². The minimum atomic E-state index is -0.220. The molecule has 0 aromatic rings. The molecule has 2 bridgehead atoms. The van der Waals surface area contributed by atoms with Gasteiger partial charge in [0.15, 0.2) is 0 Å². The summed E-state index contributed by atoms with van der Waals surface area (Å²) in [5.74, 6) is 2.93. The fourth-order valence-electron chi connectivity index (χ4n) is 4.13. The van der Waals surface area contributed by atoms with Gasteiger partial charge in [-0.1, -0.05) is 20.3 Å². The van der Waals surface area contributed by atoms with Gasteiger partial charge in [0.1, 0.15) is 5.78 Å². The van der Waals surface area contributed by atoms with E-state index < -0.39 is 0 Å². The molecule has 2 nitrogen and oxygen atoms in total. The number of rotatable bonds is 6. The lowest BCUT2D eigenvalue weighted by molar-refractivity contribution is -0.130. The summed E-state index contributed by atoms with van der Waals surface area (Å²) in [5.41, 5.74) is 5.64. The molecule has 17 heavy (non-hydrogen) atoms. The van der Waals surface area contributed by atoms with E-state index >= 15 is 0 Å². The first-order valence-electron chi connectivity index (χ1n) is 7.38. The third-order valence-electron chi connectivity index (χ3n) is 5.67. The zero-order valence-electron chi connectivity index (χ0n) is 11.4. The molecule has 0 radical (unpaired) electrons. The predicted molar refractivity (Wildman–Crippen MR) is 70.6 cm³/mol. The lowest BCUT2D eigenvalue weighted by atomic mass is 9.73. The van der Waals surface area contributed by atoms with Crippen molar-refractivity contribution in [3.63, 3.8) is 0 Å². The summed E-state index contributed by atoms with van der Waals surface area (Å²) in [4.78, 5) is 12.5. The maximum absolute atomic E-state index is 12.5. The fourth-order valence-corrected chi connectivity index (χ4v) is 4.13. The van der Waals surface area contributed by atoms with E-state index in [2.05, 4.69) is 13.8 Å². The second-order valence-corrected chi connectivity index (χ2v) is 6.25. The highest BCUT2D eigenvalue weighted by Gasteiger charge is 2.42. The Morgan fingerprint density at radius 3 is 2.35 bits per heavy atom. The highest BCUT2D eigenvalue weighted by Crippen LogP contribution is 2.50. The maximum atomic E-state index is 12.5. The quantitative estimate of drug-likeness (QED) is 0.771. The zero-order chi connectivity index (χ0) is 12.5. The summed E-state index contributed by atoms with van der Waals surface area (Å²) in [6.45, 7) is 4.74. The molecule has 2 saturated carbocycles. The van der Waals surface area contributed by atoms with Crippen molar-refractivity contribution in [2.45, 2.75) is 58.8 Å². The van der Waals surface area contributed by atoms with Gasteiger partial charge in [0.05, 0.1) is 0 Å². The zero-order valence-corrected chi connectivity index (χ0v) is 11.4. The maximum Gasteiger partial charge on any atom is 0.140 e. The van der Waals surface area contributed by atoms with Crippen LogP contribution in [0.1, 0.15) is 58.8 Å². The second kappa shape index (κ2) is 5.09. The van der Waals surface area contributed by atoms with Gasteiger partial charge in [-0.15, -0.1) is 0 Å². The Morgan fingerprint density at radius 2 is 1.94 bits per heavy atom. The molecule has 2 fully saturated rings. The van der Waals surface area contributed by atoms with Gasteiger partial charge < -0.3 is 5.73 Å². The number of nitrogens with two attached hydrogens (primary N) is 1. The smallest absolute Gasteiger partial charge is 0.140 e. The molecule has 3 atom stereocenters. The molecular weight excluding hydrogens is 210 g/mol. The first-order valence-corrected chi connectivity index (χ1v) is 7.38. The minimum absolute atomic E-state index is 0.220. The summed E-state index contributed by atoms with van der Waals surface area (Å²) >= 11 is 0. The van der Waals surface area contributed by atoms with Crippen molar-refractivity contribution in [2.24, 2.45) is 28.9 Å². The molecule has 0 amide bonds. The Hall–Kier alpha value is -0.370. The van der Waals surface area contributed by atoms with E-state index in [-0.39, 0.29) is 5.41 Å². The molecule has 2 aliphatic carbocycles. The van der Waals surface area contributed by atoms with Crippen molar-refractivity contribution in [2.75, 3.05) is 6.54 Å². The molecule has 3 unspecified atom stereocenters. The lowest BCUT2D eigenvalue weighted by Gasteiger charge is -2.31. The van der Waals surface area contributed by atoms with Crippen molar-refractivity contribution in [3.8, 4) is 0 Å². The highest BCUT2D eigenvalue weighted by molar-refractivity contribution is 5.85. The van der Waals surface area contributed by atoms with Crippen LogP contribution < -0.4 is 5.73 Å². The molecular formula is C15H27NO. The van der Waals surface area contributed by atoms with Crippen molar-refractivity contribution in [1.82, 2.24) is 0 Å². The summed E-state index contributed by atoms with van der Waals surface area (Å²) in [7, 11) is 0. The Bertz CT molecular complexity index is 274. The molecule has 0 aromatic heterocycles. The van der Waals surface area contributed by atoms with Crippen LogP contribution in [0.25, 0.3) is 0 Å². The van der Waals surface area contributed by atoms with Crippen LogP contribution in [0.5, 0.6) is 0 Å². The van der Waals surface area contributed by atoms with Gasteiger partial charge in [-0.2, -0.15) is 0 Å². The van der Waals surface area contributed by atoms with Gasteiger partial charge in [0, 0.05) is 18.4 Å². The second-order valence-electron chi connectivity index (χ2n) is 6.25. The van der Waals surface area contributed by atoms with Gasteiger partial charge in [-0.05, 0) is 49.9 Å². The van der Waals surface area contributed by atoms with E-state index in [0.717, 1.165) is 31.1 Å². The van der Waals surface area contributed by atoms with Crippen LogP contribution in [0.15, 0.2) is 0 Å². The van der Waals surface area contributed by atoms with Crippen LogP contribution >= 0.6 is 0 Å². The minimum Gasteiger partial charge on any atom is -0.329 e. The number of carbonyl (C=O) groups excluding carboxylic acids is 1. The highest BCUT2D eigenvalue weighted by atomic mass is 16.1. The molecule has 98 valence electrons. The molecule has 0 spiro atoms. The van der Waals surface area contributed by atoms with Crippen LogP contribution in [0.3, 0.4) is 0 Å². The SMILES string of the molecule is CCC(CC)(CN)C(=O)CC1CC2CCC1C2. The first kappa shape index (κ1) is 13.1. The van der Waals surface area contributed by atoms with Crippen LogP contribution in [-0.2, 0) is 4.79 Å². The number of hydrogen-bond acceptors (Lipinski definition) is 2. The molecule has 0 aliphatic heterocycles. The number of Topliss-reactive ketones (excluding diaryl/α,β-unsaturated/α-hetero) is 1. The van der Waals surface area contributed by atoms with E-state index in [9.17, 15) is 4.79 Å². The molecule has 0 saturated heterocycles. The van der Waals surface area contributed by atoms with Crippen LogP contribution in [0.2, 0.25) is 0 Å². The third-order valence-corrected chi connectivity index (χ3v) is 5.67.